The summed E-state index contributed by atoms with van der Waals surface area (Å²) >= 11 is 3.62. The molecule has 1 aliphatic carbocycles. The number of nitrogens with one attached hydrogen (secondary N) is 1. The monoisotopic (exact) mass is 333 g/mol. The van der Waals surface area contributed by atoms with E-state index >= 15 is 0 Å². The van der Waals surface area contributed by atoms with E-state index in [9.17, 15) is 4.39 Å². The van der Waals surface area contributed by atoms with Crippen molar-refractivity contribution in [3.8, 4) is 0 Å². The minimum Gasteiger partial charge on any atom is -0.310 e. The molecule has 0 saturated heterocycles. The van der Waals surface area contributed by atoms with E-state index in [2.05, 4.69) is 39.4 Å². The summed E-state index contributed by atoms with van der Waals surface area (Å²) in [5, 5.41) is 3.61. The number of rotatable bonds is 4. The van der Waals surface area contributed by atoms with E-state index in [1.807, 2.05) is 12.1 Å². The van der Waals surface area contributed by atoms with Crippen molar-refractivity contribution in [1.82, 2.24) is 5.32 Å². The number of fused-ring (bicyclic) bond motifs is 1. The Morgan fingerprint density at radius 3 is 2.75 bits per heavy atom. The topological polar surface area (TPSA) is 12.0 Å². The van der Waals surface area contributed by atoms with Crippen LogP contribution in [-0.2, 0) is 12.8 Å². The predicted octanol–water partition coefficient (Wildman–Crippen LogP) is 4.41. The summed E-state index contributed by atoms with van der Waals surface area (Å²) in [5.41, 5.74) is 4.02. The quantitative estimate of drug-likeness (QED) is 0.873. The fraction of sp³-hybridized carbons (Fsp3) is 0.294. The first kappa shape index (κ1) is 13.8. The van der Waals surface area contributed by atoms with Gasteiger partial charge in [0.1, 0.15) is 5.82 Å². The molecule has 1 aliphatic rings. The normalized spacial score (nSPS) is 17.2. The van der Waals surface area contributed by atoms with E-state index in [4.69, 9.17) is 0 Å². The zero-order valence-corrected chi connectivity index (χ0v) is 12.8. The summed E-state index contributed by atoms with van der Waals surface area (Å²) in [6.07, 6.45) is 3.21. The minimum absolute atomic E-state index is 0.170. The molecular weight excluding hydrogens is 317 g/mol. The fourth-order valence-electron chi connectivity index (χ4n) is 2.86. The van der Waals surface area contributed by atoms with Gasteiger partial charge in [-0.15, -0.1) is 0 Å². The Morgan fingerprint density at radius 1 is 1.15 bits per heavy atom. The lowest BCUT2D eigenvalue weighted by Crippen LogP contribution is -2.21. The minimum atomic E-state index is -0.170. The van der Waals surface area contributed by atoms with Crippen LogP contribution in [0.3, 0.4) is 0 Å². The molecule has 0 spiro atoms. The predicted molar refractivity (Wildman–Crippen MR) is 83.3 cm³/mol. The molecule has 0 radical (unpaired) electrons. The molecule has 0 aromatic heterocycles. The summed E-state index contributed by atoms with van der Waals surface area (Å²) in [4.78, 5) is 0. The van der Waals surface area contributed by atoms with E-state index in [0.29, 0.717) is 6.04 Å². The third-order valence-electron chi connectivity index (χ3n) is 3.93. The van der Waals surface area contributed by atoms with E-state index in [-0.39, 0.29) is 5.82 Å². The Labute approximate surface area is 127 Å². The van der Waals surface area contributed by atoms with Gasteiger partial charge in [-0.1, -0.05) is 40.2 Å². The maximum Gasteiger partial charge on any atom is 0.123 e. The highest BCUT2D eigenvalue weighted by molar-refractivity contribution is 9.10. The maximum atomic E-state index is 12.8. The Hall–Kier alpha value is -1.19. The highest BCUT2D eigenvalue weighted by Crippen LogP contribution is 2.35. The van der Waals surface area contributed by atoms with Gasteiger partial charge in [-0.05, 0) is 60.7 Å². The number of hydrogen-bond acceptors (Lipinski definition) is 1. The van der Waals surface area contributed by atoms with Gasteiger partial charge >= 0.3 is 0 Å². The van der Waals surface area contributed by atoms with Gasteiger partial charge in [-0.25, -0.2) is 4.39 Å². The van der Waals surface area contributed by atoms with Crippen LogP contribution in [0.4, 0.5) is 4.39 Å². The van der Waals surface area contributed by atoms with E-state index in [1.54, 1.807) is 0 Å². The zero-order chi connectivity index (χ0) is 13.9. The third-order valence-corrected chi connectivity index (χ3v) is 4.67. The molecule has 0 amide bonds. The number of benzene rings is 2. The summed E-state index contributed by atoms with van der Waals surface area (Å²) in [6, 6.07) is 13.6. The lowest BCUT2D eigenvalue weighted by Gasteiger charge is -2.14. The first-order valence-electron chi connectivity index (χ1n) is 6.99. The standard InChI is InChI=1S/C17H17BrFN/c18-16-3-1-2-15-14(16)8-9-17(15)20-11-10-12-4-6-13(19)7-5-12/h1-7,17,20H,8-11H2. The van der Waals surface area contributed by atoms with Crippen molar-refractivity contribution in [3.05, 3.63) is 69.4 Å². The molecule has 0 aliphatic heterocycles. The van der Waals surface area contributed by atoms with Crippen LogP contribution in [0.5, 0.6) is 0 Å². The summed E-state index contributed by atoms with van der Waals surface area (Å²) in [6.45, 7) is 0.919. The van der Waals surface area contributed by atoms with Gasteiger partial charge in [-0.2, -0.15) is 0 Å². The Kier molecular flexibility index (Phi) is 4.18. The van der Waals surface area contributed by atoms with Crippen molar-refractivity contribution >= 4 is 15.9 Å². The van der Waals surface area contributed by atoms with Crippen molar-refractivity contribution in [2.45, 2.75) is 25.3 Å². The van der Waals surface area contributed by atoms with Crippen LogP contribution < -0.4 is 5.32 Å². The van der Waals surface area contributed by atoms with Gasteiger partial charge in [0.05, 0.1) is 0 Å². The zero-order valence-electron chi connectivity index (χ0n) is 11.2. The van der Waals surface area contributed by atoms with Gasteiger partial charge in [0.15, 0.2) is 0 Å². The Bertz CT molecular complexity index is 594. The van der Waals surface area contributed by atoms with Gasteiger partial charge in [0, 0.05) is 10.5 Å². The molecule has 3 rings (SSSR count). The second-order valence-corrected chi connectivity index (χ2v) is 6.08. The maximum absolute atomic E-state index is 12.8. The Morgan fingerprint density at radius 2 is 1.95 bits per heavy atom. The van der Waals surface area contributed by atoms with E-state index < -0.39 is 0 Å². The van der Waals surface area contributed by atoms with Crippen LogP contribution in [-0.4, -0.2) is 6.54 Å². The summed E-state index contributed by atoms with van der Waals surface area (Å²) in [5.74, 6) is -0.170. The average molecular weight is 334 g/mol. The molecule has 2 aromatic rings. The Balaban J connectivity index is 1.58. The average Bonchev–Trinajstić information content (AvgIpc) is 2.86. The molecule has 104 valence electrons. The fourth-order valence-corrected chi connectivity index (χ4v) is 3.44. The second-order valence-electron chi connectivity index (χ2n) is 5.23. The SMILES string of the molecule is Fc1ccc(CCNC2CCc3c(Br)cccc32)cc1. The third kappa shape index (κ3) is 2.94. The van der Waals surface area contributed by atoms with Gasteiger partial charge in [0.25, 0.3) is 0 Å². The van der Waals surface area contributed by atoms with Crippen molar-refractivity contribution in [2.24, 2.45) is 0 Å². The van der Waals surface area contributed by atoms with Crippen LogP contribution in [0.15, 0.2) is 46.9 Å². The molecule has 1 N–H and O–H groups in total. The van der Waals surface area contributed by atoms with Gasteiger partial charge in [0.2, 0.25) is 0 Å². The van der Waals surface area contributed by atoms with Gasteiger partial charge < -0.3 is 5.32 Å². The molecule has 1 unspecified atom stereocenters. The molecule has 20 heavy (non-hydrogen) atoms. The van der Waals surface area contributed by atoms with Crippen molar-refractivity contribution < 1.29 is 4.39 Å². The largest absolute Gasteiger partial charge is 0.310 e. The molecule has 0 heterocycles. The van der Waals surface area contributed by atoms with Crippen LogP contribution in [0.25, 0.3) is 0 Å². The van der Waals surface area contributed by atoms with E-state index in [0.717, 1.165) is 25.8 Å². The van der Waals surface area contributed by atoms with E-state index in [1.165, 1.54) is 33.3 Å². The van der Waals surface area contributed by atoms with Crippen molar-refractivity contribution in [3.63, 3.8) is 0 Å². The molecule has 1 atom stereocenters. The first-order chi connectivity index (χ1) is 9.74. The highest BCUT2D eigenvalue weighted by atomic mass is 79.9. The molecule has 0 fully saturated rings. The summed E-state index contributed by atoms with van der Waals surface area (Å²) < 4.78 is 14.1. The molecule has 3 heteroatoms. The molecule has 2 aromatic carbocycles. The second kappa shape index (κ2) is 6.06. The lowest BCUT2D eigenvalue weighted by atomic mass is 10.1. The molecule has 0 bridgehead atoms. The van der Waals surface area contributed by atoms with Crippen LogP contribution in [0, 0.1) is 5.82 Å². The van der Waals surface area contributed by atoms with Crippen molar-refractivity contribution in [2.75, 3.05) is 6.54 Å². The van der Waals surface area contributed by atoms with Crippen LogP contribution in [0.2, 0.25) is 0 Å². The van der Waals surface area contributed by atoms with Crippen LogP contribution in [0.1, 0.15) is 29.2 Å². The summed E-state index contributed by atoms with van der Waals surface area (Å²) in [7, 11) is 0. The highest BCUT2D eigenvalue weighted by Gasteiger charge is 2.23. The smallest absolute Gasteiger partial charge is 0.123 e. The first-order valence-corrected chi connectivity index (χ1v) is 7.78. The number of halogens is 2. The van der Waals surface area contributed by atoms with Crippen LogP contribution >= 0.6 is 15.9 Å². The molecular formula is C17H17BrFN. The number of hydrogen-bond donors (Lipinski definition) is 1. The molecule has 0 saturated carbocycles. The molecule has 1 nitrogen and oxygen atoms in total. The lowest BCUT2D eigenvalue weighted by molar-refractivity contribution is 0.533. The van der Waals surface area contributed by atoms with Gasteiger partial charge in [-0.3, -0.25) is 0 Å². The van der Waals surface area contributed by atoms with Crippen molar-refractivity contribution in [1.29, 1.82) is 0 Å².